The molecule has 0 unspecified atom stereocenters. The first kappa shape index (κ1) is 20.6. The summed E-state index contributed by atoms with van der Waals surface area (Å²) >= 11 is 0. The van der Waals surface area contributed by atoms with Crippen molar-refractivity contribution in [2.45, 2.75) is 13.0 Å². The van der Waals surface area contributed by atoms with Crippen molar-refractivity contribution in [1.29, 1.82) is 0 Å². The van der Waals surface area contributed by atoms with Crippen molar-refractivity contribution in [3.8, 4) is 5.75 Å². The number of carbonyl (C=O) groups excluding carboxylic acids is 1. The molecular weight excluding hydrogens is 382 g/mol. The molecule has 0 bridgehead atoms. The van der Waals surface area contributed by atoms with Crippen molar-refractivity contribution in [2.24, 2.45) is 12.0 Å². The molecule has 0 atom stereocenters. The van der Waals surface area contributed by atoms with Crippen molar-refractivity contribution >= 4 is 17.6 Å². The van der Waals surface area contributed by atoms with Gasteiger partial charge in [-0.1, -0.05) is 12.1 Å². The molecule has 0 aliphatic carbocycles. The van der Waals surface area contributed by atoms with Crippen LogP contribution < -0.4 is 15.0 Å². The lowest BCUT2D eigenvalue weighted by Crippen LogP contribution is -2.55. The molecule has 1 aliphatic rings. The number of aromatic nitrogens is 2. The number of aliphatic imine (C=N–C) groups is 1. The molecule has 10 heteroatoms. The highest BCUT2D eigenvalue weighted by atomic mass is 19.3. The lowest BCUT2D eigenvalue weighted by atomic mass is 10.2. The van der Waals surface area contributed by atoms with Crippen molar-refractivity contribution in [3.63, 3.8) is 0 Å². The van der Waals surface area contributed by atoms with Crippen LogP contribution in [0.4, 0.5) is 14.5 Å². The van der Waals surface area contributed by atoms with E-state index in [1.54, 1.807) is 41.0 Å². The second-order valence-electron chi connectivity index (χ2n) is 6.59. The van der Waals surface area contributed by atoms with Crippen molar-refractivity contribution < 1.29 is 18.3 Å². The number of nitrogens with one attached hydrogen (secondary N) is 1. The summed E-state index contributed by atoms with van der Waals surface area (Å²) in [5.74, 6) is 0.956. The van der Waals surface area contributed by atoms with Crippen molar-refractivity contribution in [3.05, 3.63) is 42.2 Å². The van der Waals surface area contributed by atoms with Gasteiger partial charge in [0.2, 0.25) is 5.91 Å². The molecule has 1 fully saturated rings. The summed E-state index contributed by atoms with van der Waals surface area (Å²) in [5.41, 5.74) is 1.64. The second-order valence-corrected chi connectivity index (χ2v) is 6.59. The number of amides is 1. The number of alkyl halides is 2. The van der Waals surface area contributed by atoms with E-state index in [9.17, 15) is 13.6 Å². The summed E-state index contributed by atoms with van der Waals surface area (Å²) in [6.45, 7) is 1.14. The van der Waals surface area contributed by atoms with Crippen LogP contribution in [0.1, 0.15) is 5.56 Å². The Morgan fingerprint density at radius 2 is 2.21 bits per heavy atom. The summed E-state index contributed by atoms with van der Waals surface area (Å²) in [5, 5.41) is 7.32. The zero-order chi connectivity index (χ0) is 20.8. The molecule has 1 saturated heterocycles. The standard InChI is InChI=1S/C19H24F2N6O2/c1-22-19(23-9-14-4-3-5-16(8-14)29-13-17(20)21)26-6-7-27(18(28)12-26)15-10-24-25(2)11-15/h3-5,8,10-11,17H,6-7,9,12-13H2,1-2H3,(H,22,23). The van der Waals surface area contributed by atoms with Crippen LogP contribution in [-0.4, -0.2) is 66.3 Å². The fourth-order valence-electron chi connectivity index (χ4n) is 3.09. The summed E-state index contributed by atoms with van der Waals surface area (Å²) in [4.78, 5) is 20.4. The maximum atomic E-state index is 12.6. The predicted octanol–water partition coefficient (Wildman–Crippen LogP) is 1.49. The van der Waals surface area contributed by atoms with E-state index in [2.05, 4.69) is 15.4 Å². The molecular formula is C19H24F2N6O2. The van der Waals surface area contributed by atoms with E-state index in [0.29, 0.717) is 31.3 Å². The molecule has 156 valence electrons. The normalized spacial score (nSPS) is 15.2. The van der Waals surface area contributed by atoms with E-state index in [1.165, 1.54) is 0 Å². The van der Waals surface area contributed by atoms with E-state index in [-0.39, 0.29) is 12.5 Å². The molecule has 3 rings (SSSR count). The monoisotopic (exact) mass is 406 g/mol. The number of guanidine groups is 1. The minimum absolute atomic E-state index is 0.0328. The third kappa shape index (κ3) is 5.43. The lowest BCUT2D eigenvalue weighted by molar-refractivity contribution is -0.120. The van der Waals surface area contributed by atoms with E-state index >= 15 is 0 Å². The van der Waals surface area contributed by atoms with Gasteiger partial charge in [0.25, 0.3) is 6.43 Å². The Morgan fingerprint density at radius 3 is 2.86 bits per heavy atom. The topological polar surface area (TPSA) is 75.0 Å². The second kappa shape index (κ2) is 9.35. The maximum Gasteiger partial charge on any atom is 0.272 e. The summed E-state index contributed by atoms with van der Waals surface area (Å²) in [6, 6.07) is 6.95. The number of nitrogens with zero attached hydrogens (tertiary/aromatic N) is 5. The molecule has 1 aromatic heterocycles. The number of anilines is 1. The van der Waals surface area contributed by atoms with E-state index in [0.717, 1.165) is 11.3 Å². The summed E-state index contributed by atoms with van der Waals surface area (Å²) in [6.07, 6.45) is 0.964. The van der Waals surface area contributed by atoms with Gasteiger partial charge >= 0.3 is 0 Å². The number of halogens is 2. The number of rotatable bonds is 6. The molecule has 0 spiro atoms. The Labute approximate surface area is 167 Å². The number of hydrogen-bond donors (Lipinski definition) is 1. The zero-order valence-electron chi connectivity index (χ0n) is 16.4. The first-order chi connectivity index (χ1) is 14.0. The van der Waals surface area contributed by atoms with Gasteiger partial charge in [-0.25, -0.2) is 8.78 Å². The Balaban J connectivity index is 1.56. The van der Waals surface area contributed by atoms with Gasteiger partial charge in [0.05, 0.1) is 11.9 Å². The molecule has 1 aromatic carbocycles. The van der Waals surface area contributed by atoms with Gasteiger partial charge < -0.3 is 19.9 Å². The number of carbonyl (C=O) groups is 1. The van der Waals surface area contributed by atoms with Gasteiger partial charge in [0, 0.05) is 39.9 Å². The molecule has 2 aromatic rings. The largest absolute Gasteiger partial charge is 0.488 e. The highest BCUT2D eigenvalue weighted by molar-refractivity contribution is 5.98. The highest BCUT2D eigenvalue weighted by Crippen LogP contribution is 2.17. The molecule has 0 saturated carbocycles. The first-order valence-electron chi connectivity index (χ1n) is 9.20. The van der Waals surface area contributed by atoms with Crippen molar-refractivity contribution in [2.75, 3.05) is 38.2 Å². The van der Waals surface area contributed by atoms with Crippen LogP contribution in [0.5, 0.6) is 5.75 Å². The predicted molar refractivity (Wildman–Crippen MR) is 105 cm³/mol. The molecule has 29 heavy (non-hydrogen) atoms. The fourth-order valence-corrected chi connectivity index (χ4v) is 3.09. The molecule has 1 N–H and O–H groups in total. The molecule has 1 aliphatic heterocycles. The van der Waals surface area contributed by atoms with Gasteiger partial charge in [0.15, 0.2) is 5.96 Å². The number of piperazine rings is 1. The van der Waals surface area contributed by atoms with Gasteiger partial charge in [-0.05, 0) is 17.7 Å². The van der Waals surface area contributed by atoms with Crippen LogP contribution >= 0.6 is 0 Å². The van der Waals surface area contributed by atoms with Crippen LogP contribution in [0, 0.1) is 0 Å². The Morgan fingerprint density at radius 1 is 1.38 bits per heavy atom. The van der Waals surface area contributed by atoms with Gasteiger partial charge in [-0.2, -0.15) is 5.10 Å². The van der Waals surface area contributed by atoms with Gasteiger partial charge in [0.1, 0.15) is 18.9 Å². The number of hydrogen-bond acceptors (Lipinski definition) is 4. The number of aryl methyl sites for hydroxylation is 1. The van der Waals surface area contributed by atoms with Crippen LogP contribution in [-0.2, 0) is 18.4 Å². The summed E-state index contributed by atoms with van der Waals surface area (Å²) < 4.78 is 31.3. The van der Waals surface area contributed by atoms with Crippen LogP contribution in [0.2, 0.25) is 0 Å². The fraction of sp³-hybridized carbons (Fsp3) is 0.421. The average molecular weight is 406 g/mol. The van der Waals surface area contributed by atoms with Crippen LogP contribution in [0.3, 0.4) is 0 Å². The number of benzene rings is 1. The Kier molecular flexibility index (Phi) is 6.63. The minimum Gasteiger partial charge on any atom is -0.488 e. The molecule has 1 amide bonds. The number of ether oxygens (including phenoxy) is 1. The maximum absolute atomic E-state index is 12.6. The Bertz CT molecular complexity index is 870. The van der Waals surface area contributed by atoms with Gasteiger partial charge in [-0.3, -0.25) is 14.5 Å². The van der Waals surface area contributed by atoms with E-state index < -0.39 is 13.0 Å². The third-order valence-corrected chi connectivity index (χ3v) is 4.46. The van der Waals surface area contributed by atoms with Gasteiger partial charge in [-0.15, -0.1) is 0 Å². The smallest absolute Gasteiger partial charge is 0.272 e. The van der Waals surface area contributed by atoms with Crippen molar-refractivity contribution in [1.82, 2.24) is 20.0 Å². The first-order valence-corrected chi connectivity index (χ1v) is 9.20. The van der Waals surface area contributed by atoms with Crippen LogP contribution in [0.15, 0.2) is 41.7 Å². The highest BCUT2D eigenvalue weighted by Gasteiger charge is 2.27. The third-order valence-electron chi connectivity index (χ3n) is 4.46. The molecule has 8 nitrogen and oxygen atoms in total. The SMILES string of the molecule is CN=C(NCc1cccc(OCC(F)F)c1)N1CCN(c2cnn(C)c2)C(=O)C1. The Hall–Kier alpha value is -3.17. The van der Waals surface area contributed by atoms with Crippen LogP contribution in [0.25, 0.3) is 0 Å². The minimum atomic E-state index is -2.52. The van der Waals surface area contributed by atoms with E-state index in [1.807, 2.05) is 24.2 Å². The quantitative estimate of drug-likeness (QED) is 0.581. The average Bonchev–Trinajstić information content (AvgIpc) is 3.13. The van der Waals surface area contributed by atoms with E-state index in [4.69, 9.17) is 4.74 Å². The summed E-state index contributed by atoms with van der Waals surface area (Å²) in [7, 11) is 3.46. The lowest BCUT2D eigenvalue weighted by Gasteiger charge is -2.35. The molecule has 0 radical (unpaired) electrons. The molecule has 2 heterocycles. The zero-order valence-corrected chi connectivity index (χ0v) is 16.4.